The lowest BCUT2D eigenvalue weighted by atomic mass is 10.0. The van der Waals surface area contributed by atoms with E-state index >= 15 is 0 Å². The van der Waals surface area contributed by atoms with Gasteiger partial charge in [-0.1, -0.05) is 29.8 Å². The van der Waals surface area contributed by atoms with Gasteiger partial charge >= 0.3 is 6.03 Å². The van der Waals surface area contributed by atoms with E-state index in [2.05, 4.69) is 20.7 Å². The summed E-state index contributed by atoms with van der Waals surface area (Å²) in [6.07, 6.45) is 3.46. The maximum absolute atomic E-state index is 12.1. The van der Waals surface area contributed by atoms with Crippen LogP contribution in [-0.4, -0.2) is 35.2 Å². The topological polar surface area (TPSA) is 70.4 Å². The second kappa shape index (κ2) is 7.97. The Kier molecular flexibility index (Phi) is 5.48. The summed E-state index contributed by atoms with van der Waals surface area (Å²) in [4.78, 5) is 14.4. The lowest BCUT2D eigenvalue weighted by Gasteiger charge is -2.35. The van der Waals surface area contributed by atoms with Crippen LogP contribution in [0.25, 0.3) is 0 Å². The average Bonchev–Trinajstić information content (AvgIpc) is 3.00. The van der Waals surface area contributed by atoms with E-state index in [4.69, 9.17) is 4.52 Å². The molecule has 1 aromatic carbocycles. The smallest absolute Gasteiger partial charge is 0.319 e. The molecule has 2 heterocycles. The number of carbonyl (C=O) groups is 1. The number of aryl methyl sites for hydroxylation is 1. The quantitative estimate of drug-likeness (QED) is 0.884. The first kappa shape index (κ1) is 16.5. The molecule has 1 aliphatic heterocycles. The molecule has 0 saturated carbocycles. The Hall–Kier alpha value is -2.34. The molecule has 1 fully saturated rings. The minimum absolute atomic E-state index is 0.165. The van der Waals surface area contributed by atoms with Gasteiger partial charge in [-0.25, -0.2) is 4.79 Å². The maximum Gasteiger partial charge on any atom is 0.319 e. The molecule has 1 aliphatic rings. The van der Waals surface area contributed by atoms with Gasteiger partial charge in [-0.3, -0.25) is 4.90 Å². The highest BCUT2D eigenvalue weighted by Gasteiger charge is 2.24. The van der Waals surface area contributed by atoms with Crippen molar-refractivity contribution in [2.24, 2.45) is 0 Å². The fourth-order valence-electron chi connectivity index (χ4n) is 3.10. The minimum atomic E-state index is -0.165. The first-order chi connectivity index (χ1) is 11.7. The molecule has 3 rings (SSSR count). The van der Waals surface area contributed by atoms with Crippen molar-refractivity contribution in [3.8, 4) is 0 Å². The van der Waals surface area contributed by atoms with Crippen molar-refractivity contribution in [3.05, 3.63) is 47.9 Å². The summed E-state index contributed by atoms with van der Waals surface area (Å²) in [5.74, 6) is 0.883. The molecule has 0 spiro atoms. The number of likely N-dealkylation sites (tertiary alicyclic amines) is 1. The predicted molar refractivity (Wildman–Crippen MR) is 92.8 cm³/mol. The van der Waals surface area contributed by atoms with E-state index in [1.165, 1.54) is 12.8 Å². The maximum atomic E-state index is 12.1. The van der Waals surface area contributed by atoms with Crippen LogP contribution in [0.3, 0.4) is 0 Å². The summed E-state index contributed by atoms with van der Waals surface area (Å²) in [6, 6.07) is 11.6. The third kappa shape index (κ3) is 4.58. The van der Waals surface area contributed by atoms with Crippen LogP contribution in [0.15, 0.2) is 40.9 Å². The van der Waals surface area contributed by atoms with E-state index in [-0.39, 0.29) is 6.03 Å². The molecule has 0 aliphatic carbocycles. The minimum Gasteiger partial charge on any atom is -0.360 e. The van der Waals surface area contributed by atoms with Gasteiger partial charge in [0.05, 0.1) is 12.2 Å². The highest BCUT2D eigenvalue weighted by atomic mass is 16.5. The number of amides is 2. The predicted octanol–water partition coefficient (Wildman–Crippen LogP) is 3.16. The van der Waals surface area contributed by atoms with E-state index in [0.717, 1.165) is 36.7 Å². The molecule has 0 bridgehead atoms. The molecule has 2 amide bonds. The van der Waals surface area contributed by atoms with Gasteiger partial charge in [0.1, 0.15) is 0 Å². The zero-order valence-corrected chi connectivity index (χ0v) is 14.0. The summed E-state index contributed by atoms with van der Waals surface area (Å²) in [5, 5.41) is 9.78. The number of anilines is 1. The van der Waals surface area contributed by atoms with Crippen LogP contribution in [0.1, 0.15) is 30.7 Å². The zero-order chi connectivity index (χ0) is 16.8. The summed E-state index contributed by atoms with van der Waals surface area (Å²) in [5.41, 5.74) is 1.70. The first-order valence-corrected chi connectivity index (χ1v) is 8.47. The van der Waals surface area contributed by atoms with Gasteiger partial charge < -0.3 is 15.2 Å². The Bertz CT molecular complexity index is 656. The van der Waals surface area contributed by atoms with Crippen molar-refractivity contribution in [3.63, 3.8) is 0 Å². The van der Waals surface area contributed by atoms with E-state index in [0.29, 0.717) is 12.6 Å². The normalized spacial score (nSPS) is 18.3. The molecule has 6 nitrogen and oxygen atoms in total. The lowest BCUT2D eigenvalue weighted by molar-refractivity contribution is 0.125. The van der Waals surface area contributed by atoms with Crippen molar-refractivity contribution < 1.29 is 9.32 Å². The number of carbonyl (C=O) groups excluding carboxylic acids is 1. The second-order valence-corrected chi connectivity index (χ2v) is 6.26. The van der Waals surface area contributed by atoms with Crippen molar-refractivity contribution >= 4 is 11.7 Å². The number of piperidine rings is 1. The Balaban J connectivity index is 1.51. The van der Waals surface area contributed by atoms with Gasteiger partial charge in [-0.15, -0.1) is 0 Å². The second-order valence-electron chi connectivity index (χ2n) is 6.26. The number of benzene rings is 1. The number of urea groups is 1. The van der Waals surface area contributed by atoms with Crippen LogP contribution in [0, 0.1) is 6.92 Å². The largest absolute Gasteiger partial charge is 0.360 e. The van der Waals surface area contributed by atoms with Crippen LogP contribution in [0.5, 0.6) is 0 Å². The molecule has 24 heavy (non-hydrogen) atoms. The number of hydrogen-bond acceptors (Lipinski definition) is 4. The zero-order valence-electron chi connectivity index (χ0n) is 14.0. The molecule has 1 aromatic heterocycles. The SMILES string of the molecule is Cc1cc(CN2CCCCC2CNC(=O)Nc2ccccc2)on1. The molecule has 1 saturated heterocycles. The fraction of sp³-hybridized carbons (Fsp3) is 0.444. The molecule has 2 aromatic rings. The molecular formula is C18H24N4O2. The van der Waals surface area contributed by atoms with Gasteiger partial charge in [0.2, 0.25) is 0 Å². The van der Waals surface area contributed by atoms with Gasteiger partial charge in [-0.2, -0.15) is 0 Å². The number of nitrogens with one attached hydrogen (secondary N) is 2. The van der Waals surface area contributed by atoms with E-state index in [1.807, 2.05) is 43.3 Å². The van der Waals surface area contributed by atoms with Crippen LogP contribution in [0.2, 0.25) is 0 Å². The average molecular weight is 328 g/mol. The van der Waals surface area contributed by atoms with E-state index < -0.39 is 0 Å². The first-order valence-electron chi connectivity index (χ1n) is 8.47. The highest BCUT2D eigenvalue weighted by Crippen LogP contribution is 2.19. The third-order valence-corrected chi connectivity index (χ3v) is 4.31. The molecule has 0 radical (unpaired) electrons. The van der Waals surface area contributed by atoms with Crippen molar-refractivity contribution in [1.29, 1.82) is 0 Å². The van der Waals surface area contributed by atoms with Crippen molar-refractivity contribution in [2.75, 3.05) is 18.4 Å². The standard InChI is InChI=1S/C18H24N4O2/c1-14-11-17(24-21-14)13-22-10-6-5-9-16(22)12-19-18(23)20-15-7-3-2-4-8-15/h2-4,7-8,11,16H,5-6,9-10,12-13H2,1H3,(H2,19,20,23). The molecule has 128 valence electrons. The van der Waals surface area contributed by atoms with Gasteiger partial charge in [0.15, 0.2) is 5.76 Å². The summed E-state index contributed by atoms with van der Waals surface area (Å²) in [7, 11) is 0. The molecule has 1 unspecified atom stereocenters. The van der Waals surface area contributed by atoms with Gasteiger partial charge in [0, 0.05) is 24.3 Å². The number of aromatic nitrogens is 1. The number of hydrogen-bond donors (Lipinski definition) is 2. The summed E-state index contributed by atoms with van der Waals surface area (Å²) >= 11 is 0. The third-order valence-electron chi connectivity index (χ3n) is 4.31. The van der Waals surface area contributed by atoms with Gasteiger partial charge in [-0.05, 0) is 38.4 Å². The summed E-state index contributed by atoms with van der Waals surface area (Å²) in [6.45, 7) is 4.32. The Morgan fingerprint density at radius 2 is 2.17 bits per heavy atom. The molecule has 2 N–H and O–H groups in total. The van der Waals surface area contributed by atoms with Crippen LogP contribution < -0.4 is 10.6 Å². The Morgan fingerprint density at radius 1 is 1.33 bits per heavy atom. The lowest BCUT2D eigenvalue weighted by Crippen LogP contribution is -2.46. The molecular weight excluding hydrogens is 304 g/mol. The van der Waals surface area contributed by atoms with E-state index in [9.17, 15) is 4.79 Å². The Morgan fingerprint density at radius 3 is 2.92 bits per heavy atom. The number of nitrogens with zero attached hydrogens (tertiary/aromatic N) is 2. The summed E-state index contributed by atoms with van der Waals surface area (Å²) < 4.78 is 5.33. The van der Waals surface area contributed by atoms with Crippen LogP contribution in [-0.2, 0) is 6.54 Å². The van der Waals surface area contributed by atoms with Gasteiger partial charge in [0.25, 0.3) is 0 Å². The Labute approximate surface area is 142 Å². The molecule has 1 atom stereocenters. The highest BCUT2D eigenvalue weighted by molar-refractivity contribution is 5.89. The van der Waals surface area contributed by atoms with Crippen molar-refractivity contribution in [2.45, 2.75) is 38.8 Å². The fourth-order valence-corrected chi connectivity index (χ4v) is 3.10. The van der Waals surface area contributed by atoms with E-state index in [1.54, 1.807) is 0 Å². The monoisotopic (exact) mass is 328 g/mol. The molecule has 6 heteroatoms. The number of para-hydroxylation sites is 1. The number of rotatable bonds is 5. The van der Waals surface area contributed by atoms with Crippen LogP contribution >= 0.6 is 0 Å². The van der Waals surface area contributed by atoms with Crippen molar-refractivity contribution in [1.82, 2.24) is 15.4 Å². The van der Waals surface area contributed by atoms with Crippen LogP contribution in [0.4, 0.5) is 10.5 Å².